The minimum atomic E-state index is -1.16. The number of hydrogen-bond donors (Lipinski definition) is 2. The predicted molar refractivity (Wildman–Crippen MR) is 52.7 cm³/mol. The van der Waals surface area contributed by atoms with E-state index >= 15 is 0 Å². The van der Waals surface area contributed by atoms with Crippen LogP contribution in [0.1, 0.15) is 20.8 Å². The molecule has 0 bridgehead atoms. The largest absolute Gasteiger partial charge is 0.480 e. The molecule has 0 saturated heterocycles. The fourth-order valence-corrected chi connectivity index (χ4v) is 0.709. The quantitative estimate of drug-likeness (QED) is 0.723. The van der Waals surface area contributed by atoms with Crippen molar-refractivity contribution >= 4 is 12.1 Å². The molecule has 0 aliphatic rings. The van der Waals surface area contributed by atoms with Gasteiger partial charge in [-0.2, -0.15) is 0 Å². The van der Waals surface area contributed by atoms with Crippen molar-refractivity contribution < 1.29 is 24.2 Å². The predicted octanol–water partition coefficient (Wildman–Crippen LogP) is 0.611. The number of carbonyl (C=O) groups excluding carboxylic acids is 1. The summed E-state index contributed by atoms with van der Waals surface area (Å²) in [6.07, 6.45) is -0.792. The summed E-state index contributed by atoms with van der Waals surface area (Å²) in [6, 6.07) is -1.10. The Kier molecular flexibility index (Phi) is 5.07. The smallest absolute Gasteiger partial charge is 0.407 e. The first-order valence-corrected chi connectivity index (χ1v) is 4.47. The molecule has 1 amide bonds. The van der Waals surface area contributed by atoms with Crippen LogP contribution in [0.15, 0.2) is 0 Å². The van der Waals surface area contributed by atoms with Gasteiger partial charge in [-0.15, -0.1) is 0 Å². The summed E-state index contributed by atoms with van der Waals surface area (Å²) in [5.41, 5.74) is -0.453. The maximum absolute atomic E-state index is 10.8. The van der Waals surface area contributed by atoms with Crippen LogP contribution in [0, 0.1) is 0 Å². The third kappa shape index (κ3) is 6.73. The van der Waals surface area contributed by atoms with Crippen molar-refractivity contribution in [2.75, 3.05) is 13.7 Å². The molecule has 0 aromatic rings. The first-order chi connectivity index (χ1) is 6.76. The number of rotatable bonds is 4. The highest BCUT2D eigenvalue weighted by Gasteiger charge is 2.23. The maximum atomic E-state index is 10.8. The second-order valence-corrected chi connectivity index (χ2v) is 3.95. The van der Waals surface area contributed by atoms with E-state index in [1.165, 1.54) is 7.11 Å². The lowest BCUT2D eigenvalue weighted by Crippen LogP contribution is -2.45. The van der Waals surface area contributed by atoms with Crippen LogP contribution in [0.3, 0.4) is 0 Å². The van der Waals surface area contributed by atoms with E-state index in [1.807, 2.05) is 0 Å². The number of carboxylic acids is 1. The molecule has 0 radical (unpaired) electrons. The Bertz CT molecular complexity index is 233. The number of carboxylic acid groups (broad SMARTS) is 1. The monoisotopic (exact) mass is 219 g/mol. The first-order valence-electron chi connectivity index (χ1n) is 4.47. The lowest BCUT2D eigenvalue weighted by atomic mass is 10.2. The molecule has 1 atom stereocenters. The summed E-state index contributed by atoms with van der Waals surface area (Å²) in [5.74, 6) is -1.16. The molecule has 0 aromatic heterocycles. The summed E-state index contributed by atoms with van der Waals surface area (Å²) in [6.45, 7) is 5.28. The molecule has 2 N–H and O–H groups in total. The Labute approximate surface area is 88.6 Å². The average molecular weight is 219 g/mol. The summed E-state index contributed by atoms with van der Waals surface area (Å²) in [7, 11) is 1.17. The highest BCUT2D eigenvalue weighted by atomic mass is 16.5. The van der Waals surface area contributed by atoms with Crippen LogP contribution < -0.4 is 5.32 Å². The molecule has 0 aliphatic heterocycles. The lowest BCUT2D eigenvalue weighted by molar-refractivity contribution is -0.142. The van der Waals surface area contributed by atoms with Gasteiger partial charge in [-0.25, -0.2) is 9.59 Å². The number of alkyl carbamates (subject to hydrolysis) is 1. The van der Waals surface area contributed by atoms with Gasteiger partial charge in [0.25, 0.3) is 0 Å². The van der Waals surface area contributed by atoms with E-state index in [1.54, 1.807) is 20.8 Å². The maximum Gasteiger partial charge on any atom is 0.407 e. The van der Waals surface area contributed by atoms with Gasteiger partial charge in [0.2, 0.25) is 0 Å². The zero-order chi connectivity index (χ0) is 12.1. The van der Waals surface area contributed by atoms with E-state index in [-0.39, 0.29) is 6.61 Å². The minimum Gasteiger partial charge on any atom is -0.480 e. The number of hydrogen-bond acceptors (Lipinski definition) is 4. The van der Waals surface area contributed by atoms with Crippen molar-refractivity contribution in [2.45, 2.75) is 32.4 Å². The van der Waals surface area contributed by atoms with Crippen LogP contribution in [-0.2, 0) is 14.3 Å². The van der Waals surface area contributed by atoms with Crippen LogP contribution in [0.2, 0.25) is 0 Å². The van der Waals surface area contributed by atoms with E-state index in [9.17, 15) is 9.59 Å². The summed E-state index contributed by atoms with van der Waals surface area (Å²) >= 11 is 0. The molecule has 0 aliphatic carbocycles. The third-order valence-electron chi connectivity index (χ3n) is 1.46. The summed E-state index contributed by atoms with van der Waals surface area (Å²) < 4.78 is 9.54. The zero-order valence-corrected chi connectivity index (χ0v) is 9.36. The second kappa shape index (κ2) is 5.55. The SMILES string of the molecule is COC(=O)N[C@@H](COC(C)(C)C)C(=O)O. The standard InChI is InChI=1S/C9H17NO5/c1-9(2,3)15-5-6(7(11)12)10-8(13)14-4/h6H,5H2,1-4H3,(H,10,13)(H,11,12)/t6-/m0/s1. The highest BCUT2D eigenvalue weighted by molar-refractivity contribution is 5.79. The van der Waals surface area contributed by atoms with Crippen LogP contribution in [-0.4, -0.2) is 42.5 Å². The second-order valence-electron chi connectivity index (χ2n) is 3.95. The van der Waals surface area contributed by atoms with Crippen LogP contribution in [0.5, 0.6) is 0 Å². The fourth-order valence-electron chi connectivity index (χ4n) is 0.709. The summed E-state index contributed by atoms with van der Waals surface area (Å²) in [5, 5.41) is 10.9. The third-order valence-corrected chi connectivity index (χ3v) is 1.46. The molecule has 15 heavy (non-hydrogen) atoms. The van der Waals surface area contributed by atoms with E-state index in [2.05, 4.69) is 10.1 Å². The molecule has 6 nitrogen and oxygen atoms in total. The molecule has 0 heterocycles. The van der Waals surface area contributed by atoms with E-state index in [4.69, 9.17) is 9.84 Å². The first kappa shape index (κ1) is 13.7. The Morgan fingerprint density at radius 2 is 1.93 bits per heavy atom. The number of carbonyl (C=O) groups is 2. The minimum absolute atomic E-state index is 0.103. The number of amides is 1. The Balaban J connectivity index is 4.18. The Morgan fingerprint density at radius 3 is 2.27 bits per heavy atom. The number of methoxy groups -OCH3 is 1. The average Bonchev–Trinajstić information content (AvgIpc) is 2.09. The normalized spacial score (nSPS) is 13.1. The van der Waals surface area contributed by atoms with E-state index in [0.717, 1.165) is 0 Å². The molecular formula is C9H17NO5. The van der Waals surface area contributed by atoms with Crippen LogP contribution >= 0.6 is 0 Å². The van der Waals surface area contributed by atoms with E-state index < -0.39 is 23.7 Å². The van der Waals surface area contributed by atoms with Gasteiger partial charge in [-0.1, -0.05) is 0 Å². The van der Waals surface area contributed by atoms with Gasteiger partial charge in [0.05, 0.1) is 19.3 Å². The van der Waals surface area contributed by atoms with Crippen molar-refractivity contribution in [3.8, 4) is 0 Å². The molecule has 0 rings (SSSR count). The van der Waals surface area contributed by atoms with Crippen LogP contribution in [0.4, 0.5) is 4.79 Å². The van der Waals surface area contributed by atoms with Crippen molar-refractivity contribution in [2.24, 2.45) is 0 Å². The number of ether oxygens (including phenoxy) is 2. The van der Waals surface area contributed by atoms with Gasteiger partial charge in [-0.05, 0) is 20.8 Å². The number of nitrogens with one attached hydrogen (secondary N) is 1. The highest BCUT2D eigenvalue weighted by Crippen LogP contribution is 2.07. The molecule has 0 spiro atoms. The number of aliphatic carboxylic acids is 1. The van der Waals surface area contributed by atoms with Gasteiger partial charge in [0.15, 0.2) is 6.04 Å². The molecule has 88 valence electrons. The Morgan fingerprint density at radius 1 is 1.40 bits per heavy atom. The molecular weight excluding hydrogens is 202 g/mol. The van der Waals surface area contributed by atoms with Gasteiger partial charge < -0.3 is 19.9 Å². The molecule has 0 saturated carbocycles. The van der Waals surface area contributed by atoms with E-state index in [0.29, 0.717) is 0 Å². The van der Waals surface area contributed by atoms with Crippen molar-refractivity contribution in [3.63, 3.8) is 0 Å². The van der Waals surface area contributed by atoms with Gasteiger partial charge in [0, 0.05) is 0 Å². The summed E-state index contributed by atoms with van der Waals surface area (Å²) in [4.78, 5) is 21.5. The van der Waals surface area contributed by atoms with Gasteiger partial charge in [-0.3, -0.25) is 0 Å². The van der Waals surface area contributed by atoms with Crippen molar-refractivity contribution in [1.29, 1.82) is 0 Å². The zero-order valence-electron chi connectivity index (χ0n) is 9.36. The molecule has 6 heteroatoms. The van der Waals surface area contributed by atoms with Crippen molar-refractivity contribution in [1.82, 2.24) is 5.32 Å². The van der Waals surface area contributed by atoms with Crippen LogP contribution in [0.25, 0.3) is 0 Å². The van der Waals surface area contributed by atoms with Crippen molar-refractivity contribution in [3.05, 3.63) is 0 Å². The lowest BCUT2D eigenvalue weighted by Gasteiger charge is -2.22. The molecule has 0 fully saturated rings. The van der Waals surface area contributed by atoms with Gasteiger partial charge >= 0.3 is 12.1 Å². The topological polar surface area (TPSA) is 84.9 Å². The fraction of sp³-hybridized carbons (Fsp3) is 0.778. The Hall–Kier alpha value is -1.30. The van der Waals surface area contributed by atoms with Gasteiger partial charge in [0.1, 0.15) is 0 Å². The molecule has 0 unspecified atom stereocenters. The molecule has 0 aromatic carbocycles.